The van der Waals surface area contributed by atoms with Crippen LogP contribution in [0, 0.1) is 17.2 Å². The van der Waals surface area contributed by atoms with Crippen LogP contribution in [-0.4, -0.2) is 36.5 Å². The Kier molecular flexibility index (Phi) is 6.45. The van der Waals surface area contributed by atoms with Crippen molar-refractivity contribution >= 4 is 17.8 Å². The maximum absolute atomic E-state index is 12.1. The van der Waals surface area contributed by atoms with Crippen molar-refractivity contribution in [1.82, 2.24) is 10.6 Å². The number of nitriles is 1. The van der Waals surface area contributed by atoms with Gasteiger partial charge in [0, 0.05) is 5.56 Å². The van der Waals surface area contributed by atoms with Crippen LogP contribution in [0.15, 0.2) is 24.3 Å². The number of rotatable bonds is 7. The maximum Gasteiger partial charge on any atom is 0.325 e. The molecule has 2 amide bonds. The summed E-state index contributed by atoms with van der Waals surface area (Å²) in [5.41, 5.74) is 0.593. The Morgan fingerprint density at radius 2 is 1.75 bits per heavy atom. The summed E-state index contributed by atoms with van der Waals surface area (Å²) in [6.07, 6.45) is 1.79. The number of ether oxygens (including phenoxy) is 1. The average Bonchev–Trinajstić information content (AvgIpc) is 3.49. The summed E-state index contributed by atoms with van der Waals surface area (Å²) in [5, 5.41) is 14.3. The molecule has 0 heterocycles. The van der Waals surface area contributed by atoms with Gasteiger partial charge in [-0.15, -0.1) is 0 Å². The SMILES string of the molecule is CC(C)(C)c1ccc(C(=O)NCC(=O)OCC(=O)N[C@@](C)(C#N)C2CC2)cc1. The predicted octanol–water partition coefficient (Wildman–Crippen LogP) is 2.07. The van der Waals surface area contributed by atoms with Crippen LogP contribution >= 0.6 is 0 Å². The predicted molar refractivity (Wildman–Crippen MR) is 103 cm³/mol. The van der Waals surface area contributed by atoms with Crippen molar-refractivity contribution in [2.24, 2.45) is 5.92 Å². The molecule has 1 aliphatic carbocycles. The summed E-state index contributed by atoms with van der Waals surface area (Å²) >= 11 is 0. The van der Waals surface area contributed by atoms with E-state index >= 15 is 0 Å². The number of nitrogens with zero attached hydrogens (tertiary/aromatic N) is 1. The number of amides is 2. The first kappa shape index (κ1) is 21.4. The van der Waals surface area contributed by atoms with Crippen molar-refractivity contribution in [2.45, 2.75) is 51.5 Å². The number of esters is 1. The Labute approximate surface area is 165 Å². The van der Waals surface area contributed by atoms with Gasteiger partial charge in [-0.2, -0.15) is 5.26 Å². The van der Waals surface area contributed by atoms with E-state index < -0.39 is 29.9 Å². The van der Waals surface area contributed by atoms with Crippen LogP contribution in [0.5, 0.6) is 0 Å². The van der Waals surface area contributed by atoms with Crippen molar-refractivity contribution < 1.29 is 19.1 Å². The third-order valence-electron chi connectivity index (χ3n) is 4.80. The Morgan fingerprint density at radius 3 is 2.25 bits per heavy atom. The van der Waals surface area contributed by atoms with Crippen LogP contribution in [0.2, 0.25) is 0 Å². The third-order valence-corrected chi connectivity index (χ3v) is 4.80. The van der Waals surface area contributed by atoms with E-state index in [0.717, 1.165) is 18.4 Å². The number of hydrogen-bond acceptors (Lipinski definition) is 5. The number of carbonyl (C=O) groups is 3. The summed E-state index contributed by atoms with van der Waals surface area (Å²) in [6.45, 7) is 7.08. The largest absolute Gasteiger partial charge is 0.454 e. The molecule has 28 heavy (non-hydrogen) atoms. The monoisotopic (exact) mass is 385 g/mol. The van der Waals surface area contributed by atoms with Crippen LogP contribution in [0.1, 0.15) is 56.5 Å². The first-order valence-electron chi connectivity index (χ1n) is 9.32. The minimum atomic E-state index is -0.934. The van der Waals surface area contributed by atoms with Gasteiger partial charge in [0.05, 0.1) is 6.07 Å². The van der Waals surface area contributed by atoms with Crippen LogP contribution in [-0.2, 0) is 19.7 Å². The van der Waals surface area contributed by atoms with E-state index in [2.05, 4.69) is 37.5 Å². The number of hydrogen-bond donors (Lipinski definition) is 2. The highest BCUT2D eigenvalue weighted by Gasteiger charge is 2.43. The molecule has 7 heteroatoms. The van der Waals surface area contributed by atoms with Gasteiger partial charge in [0.1, 0.15) is 12.1 Å². The molecule has 2 rings (SSSR count). The lowest BCUT2D eigenvalue weighted by molar-refractivity contribution is -0.147. The number of carbonyl (C=O) groups excluding carboxylic acids is 3. The molecule has 2 N–H and O–H groups in total. The lowest BCUT2D eigenvalue weighted by atomic mass is 9.87. The Bertz CT molecular complexity index is 785. The van der Waals surface area contributed by atoms with Crippen LogP contribution in [0.3, 0.4) is 0 Å². The Hall–Kier alpha value is -2.88. The second-order valence-corrected chi connectivity index (χ2v) is 8.31. The van der Waals surface area contributed by atoms with E-state index in [1.54, 1.807) is 19.1 Å². The molecule has 1 aromatic rings. The number of benzene rings is 1. The normalized spacial score (nSPS) is 15.7. The van der Waals surface area contributed by atoms with Gasteiger partial charge in [0.15, 0.2) is 6.61 Å². The highest BCUT2D eigenvalue weighted by molar-refractivity contribution is 5.96. The molecule has 1 atom stereocenters. The van der Waals surface area contributed by atoms with Crippen molar-refractivity contribution in [2.75, 3.05) is 13.2 Å². The number of nitrogens with one attached hydrogen (secondary N) is 2. The zero-order valence-corrected chi connectivity index (χ0v) is 16.8. The fraction of sp³-hybridized carbons (Fsp3) is 0.524. The van der Waals surface area contributed by atoms with Gasteiger partial charge in [0.25, 0.3) is 11.8 Å². The Balaban J connectivity index is 1.75. The van der Waals surface area contributed by atoms with Gasteiger partial charge < -0.3 is 15.4 Å². The van der Waals surface area contributed by atoms with E-state index in [-0.39, 0.29) is 17.9 Å². The molecule has 0 aromatic heterocycles. The second-order valence-electron chi connectivity index (χ2n) is 8.31. The van der Waals surface area contributed by atoms with E-state index in [1.807, 2.05) is 12.1 Å². The van der Waals surface area contributed by atoms with Crippen LogP contribution < -0.4 is 10.6 Å². The van der Waals surface area contributed by atoms with Gasteiger partial charge in [-0.25, -0.2) is 0 Å². The molecular weight excluding hydrogens is 358 g/mol. The molecule has 1 fully saturated rings. The molecule has 150 valence electrons. The molecular formula is C21H27N3O4. The van der Waals surface area contributed by atoms with Crippen molar-refractivity contribution in [3.63, 3.8) is 0 Å². The minimum Gasteiger partial charge on any atom is -0.454 e. The van der Waals surface area contributed by atoms with Gasteiger partial charge in [0.2, 0.25) is 0 Å². The third kappa shape index (κ3) is 5.81. The smallest absolute Gasteiger partial charge is 0.325 e. The zero-order chi connectivity index (χ0) is 20.9. The van der Waals surface area contributed by atoms with E-state index in [1.165, 1.54) is 0 Å². The van der Waals surface area contributed by atoms with Crippen molar-refractivity contribution in [1.29, 1.82) is 5.26 Å². The van der Waals surface area contributed by atoms with E-state index in [4.69, 9.17) is 4.74 Å². The van der Waals surface area contributed by atoms with E-state index in [0.29, 0.717) is 5.56 Å². The molecule has 0 saturated heterocycles. The van der Waals surface area contributed by atoms with Crippen LogP contribution in [0.25, 0.3) is 0 Å². The summed E-state index contributed by atoms with van der Waals surface area (Å²) in [6, 6.07) is 9.27. The quantitative estimate of drug-likeness (QED) is 0.699. The standard InChI is InChI=1S/C21H27N3O4/c1-20(2,3)15-7-5-14(6-8-15)19(27)23-11-18(26)28-12-17(25)24-21(4,13-22)16-9-10-16/h5-8,16H,9-12H2,1-4H3,(H,23,27)(H,24,25)/t21-/m0/s1. The van der Waals surface area contributed by atoms with Gasteiger partial charge in [-0.05, 0) is 48.8 Å². The summed E-state index contributed by atoms with van der Waals surface area (Å²) in [5.74, 6) is -1.51. The average molecular weight is 385 g/mol. The lowest BCUT2D eigenvalue weighted by Crippen LogP contribution is -2.48. The second kappa shape index (κ2) is 8.42. The summed E-state index contributed by atoms with van der Waals surface area (Å²) in [4.78, 5) is 35.8. The van der Waals surface area contributed by atoms with Crippen LogP contribution in [0.4, 0.5) is 0 Å². The van der Waals surface area contributed by atoms with Gasteiger partial charge in [-0.3, -0.25) is 14.4 Å². The first-order valence-corrected chi connectivity index (χ1v) is 9.32. The van der Waals surface area contributed by atoms with E-state index in [9.17, 15) is 19.6 Å². The Morgan fingerprint density at radius 1 is 1.14 bits per heavy atom. The molecule has 1 aliphatic rings. The molecule has 0 aliphatic heterocycles. The molecule has 7 nitrogen and oxygen atoms in total. The molecule has 0 spiro atoms. The lowest BCUT2D eigenvalue weighted by Gasteiger charge is -2.22. The highest BCUT2D eigenvalue weighted by Crippen LogP contribution is 2.39. The van der Waals surface area contributed by atoms with Gasteiger partial charge in [-0.1, -0.05) is 32.9 Å². The molecule has 1 saturated carbocycles. The topological polar surface area (TPSA) is 108 Å². The summed E-state index contributed by atoms with van der Waals surface area (Å²) in [7, 11) is 0. The molecule has 0 bridgehead atoms. The summed E-state index contributed by atoms with van der Waals surface area (Å²) < 4.78 is 4.87. The maximum atomic E-state index is 12.1. The fourth-order valence-electron chi connectivity index (χ4n) is 2.78. The minimum absolute atomic E-state index is 0.0134. The fourth-order valence-corrected chi connectivity index (χ4v) is 2.78. The highest BCUT2D eigenvalue weighted by atomic mass is 16.5. The zero-order valence-electron chi connectivity index (χ0n) is 16.8. The van der Waals surface area contributed by atoms with Gasteiger partial charge >= 0.3 is 5.97 Å². The molecule has 0 unspecified atom stereocenters. The first-order chi connectivity index (χ1) is 13.0. The molecule has 0 radical (unpaired) electrons. The van der Waals surface area contributed by atoms with Crippen molar-refractivity contribution in [3.05, 3.63) is 35.4 Å². The van der Waals surface area contributed by atoms with Crippen molar-refractivity contribution in [3.8, 4) is 6.07 Å². The molecule has 1 aromatic carbocycles.